The van der Waals surface area contributed by atoms with Gasteiger partial charge in [-0.25, -0.2) is 9.37 Å². The fourth-order valence-electron chi connectivity index (χ4n) is 3.92. The van der Waals surface area contributed by atoms with Gasteiger partial charge < -0.3 is 9.64 Å². The van der Waals surface area contributed by atoms with Gasteiger partial charge in [-0.3, -0.25) is 9.20 Å². The quantitative estimate of drug-likeness (QED) is 0.365. The van der Waals surface area contributed by atoms with Crippen LogP contribution in [0.2, 0.25) is 0 Å². The van der Waals surface area contributed by atoms with Gasteiger partial charge in [0.1, 0.15) is 5.82 Å². The number of thiazole rings is 1. The van der Waals surface area contributed by atoms with Crippen molar-refractivity contribution in [3.05, 3.63) is 92.6 Å². The molecule has 0 bridgehead atoms. The molecule has 0 aliphatic carbocycles. The summed E-state index contributed by atoms with van der Waals surface area (Å²) in [5, 5.41) is 0. The van der Waals surface area contributed by atoms with E-state index < -0.39 is 0 Å². The Labute approximate surface area is 190 Å². The van der Waals surface area contributed by atoms with Gasteiger partial charge >= 0.3 is 0 Å². The Morgan fingerprint density at radius 2 is 1.91 bits per heavy atom. The molecular formula is C25H26FN3O2S. The van der Waals surface area contributed by atoms with E-state index in [0.717, 1.165) is 28.4 Å². The highest BCUT2D eigenvalue weighted by atomic mass is 32.1. The van der Waals surface area contributed by atoms with E-state index in [4.69, 9.17) is 9.72 Å². The lowest BCUT2D eigenvalue weighted by atomic mass is 10.1. The van der Waals surface area contributed by atoms with Crippen LogP contribution in [0.4, 0.5) is 15.8 Å². The molecule has 4 rings (SSSR count). The second kappa shape index (κ2) is 9.63. The topological polar surface area (TPSA) is 46.8 Å². The number of halogens is 1. The van der Waals surface area contributed by atoms with Gasteiger partial charge in [0.2, 0.25) is 0 Å². The van der Waals surface area contributed by atoms with Crippen LogP contribution in [0.15, 0.2) is 59.4 Å². The molecule has 0 radical (unpaired) electrons. The third kappa shape index (κ3) is 4.45. The largest absolute Gasteiger partial charge is 0.384 e. The molecule has 0 saturated carbocycles. The molecule has 0 spiro atoms. The van der Waals surface area contributed by atoms with Crippen molar-refractivity contribution in [3.63, 3.8) is 0 Å². The number of anilines is 2. The average molecular weight is 452 g/mol. The molecule has 166 valence electrons. The molecule has 2 aromatic carbocycles. The van der Waals surface area contributed by atoms with E-state index in [1.807, 2.05) is 25.1 Å². The minimum Gasteiger partial charge on any atom is -0.384 e. The number of benzene rings is 2. The van der Waals surface area contributed by atoms with E-state index >= 15 is 0 Å². The molecule has 0 unspecified atom stereocenters. The lowest BCUT2D eigenvalue weighted by Gasteiger charge is -2.27. The number of aryl methyl sites for hydroxylation is 2. The normalized spacial score (nSPS) is 11.2. The highest BCUT2D eigenvalue weighted by molar-refractivity contribution is 7.17. The van der Waals surface area contributed by atoms with Gasteiger partial charge in [-0.05, 0) is 49.2 Å². The van der Waals surface area contributed by atoms with Gasteiger partial charge in [0, 0.05) is 41.5 Å². The summed E-state index contributed by atoms with van der Waals surface area (Å²) in [5.41, 5.74) is 4.56. The maximum Gasteiger partial charge on any atom is 0.259 e. The second-order valence-electron chi connectivity index (χ2n) is 7.60. The Balaban J connectivity index is 1.78. The second-order valence-corrected chi connectivity index (χ2v) is 8.78. The van der Waals surface area contributed by atoms with Gasteiger partial charge in [-0.15, -0.1) is 11.3 Å². The van der Waals surface area contributed by atoms with Crippen molar-refractivity contribution in [1.29, 1.82) is 0 Å². The lowest BCUT2D eigenvalue weighted by molar-refractivity contribution is 0.201. The van der Waals surface area contributed by atoms with E-state index in [0.29, 0.717) is 30.2 Å². The molecule has 0 aliphatic heterocycles. The zero-order valence-electron chi connectivity index (χ0n) is 18.5. The van der Waals surface area contributed by atoms with Gasteiger partial charge in [0.15, 0.2) is 4.96 Å². The van der Waals surface area contributed by atoms with Crippen molar-refractivity contribution in [2.24, 2.45) is 0 Å². The first kappa shape index (κ1) is 22.2. The number of ether oxygens (including phenoxy) is 1. The Hall–Kier alpha value is -3.03. The summed E-state index contributed by atoms with van der Waals surface area (Å²) < 4.78 is 20.5. The van der Waals surface area contributed by atoms with E-state index in [2.05, 4.69) is 17.9 Å². The van der Waals surface area contributed by atoms with Crippen LogP contribution in [0.3, 0.4) is 0 Å². The van der Waals surface area contributed by atoms with Crippen molar-refractivity contribution >= 4 is 27.7 Å². The molecule has 2 heterocycles. The Morgan fingerprint density at radius 1 is 1.16 bits per heavy atom. The van der Waals surface area contributed by atoms with E-state index in [1.54, 1.807) is 29.7 Å². The molecule has 32 heavy (non-hydrogen) atoms. The van der Waals surface area contributed by atoms with E-state index in [-0.39, 0.29) is 11.4 Å². The highest BCUT2D eigenvalue weighted by Crippen LogP contribution is 2.31. The molecule has 4 aromatic rings. The summed E-state index contributed by atoms with van der Waals surface area (Å²) in [5.74, 6) is -0.284. The Bertz CT molecular complexity index is 1280. The van der Waals surface area contributed by atoms with Crippen molar-refractivity contribution in [1.82, 2.24) is 9.38 Å². The van der Waals surface area contributed by atoms with Crippen LogP contribution in [0.1, 0.15) is 28.8 Å². The Kier molecular flexibility index (Phi) is 6.67. The van der Waals surface area contributed by atoms with Crippen LogP contribution in [-0.4, -0.2) is 23.1 Å². The van der Waals surface area contributed by atoms with Crippen LogP contribution in [-0.2, 0) is 24.1 Å². The van der Waals surface area contributed by atoms with Crippen molar-refractivity contribution in [3.8, 4) is 0 Å². The standard InChI is InChI=1S/C25H26FN3O2S/c1-4-18-7-5-6-8-23(18)28(21-11-9-19(26)10-12-21)16-20-15-24(30)29-22(13-14-31-3)17(2)32-25(29)27-20/h5-12,15H,4,13-14,16H2,1-3H3. The van der Waals surface area contributed by atoms with Crippen LogP contribution < -0.4 is 10.5 Å². The smallest absolute Gasteiger partial charge is 0.259 e. The molecule has 0 amide bonds. The maximum atomic E-state index is 13.6. The number of hydrogen-bond acceptors (Lipinski definition) is 5. The van der Waals surface area contributed by atoms with Crippen LogP contribution in [0.5, 0.6) is 0 Å². The minimum absolute atomic E-state index is 0.0942. The molecule has 0 N–H and O–H groups in total. The monoisotopic (exact) mass is 451 g/mol. The summed E-state index contributed by atoms with van der Waals surface area (Å²) in [6, 6.07) is 16.1. The highest BCUT2D eigenvalue weighted by Gasteiger charge is 2.17. The molecule has 2 aromatic heterocycles. The van der Waals surface area contributed by atoms with Crippen molar-refractivity contribution in [2.75, 3.05) is 18.6 Å². The van der Waals surface area contributed by atoms with Crippen molar-refractivity contribution in [2.45, 2.75) is 33.2 Å². The summed E-state index contributed by atoms with van der Waals surface area (Å²) in [4.78, 5) is 21.7. The molecule has 7 heteroatoms. The molecule has 0 aliphatic rings. The summed E-state index contributed by atoms with van der Waals surface area (Å²) >= 11 is 1.51. The fourth-order valence-corrected chi connectivity index (χ4v) is 4.96. The number of hydrogen-bond donors (Lipinski definition) is 0. The van der Waals surface area contributed by atoms with Crippen LogP contribution in [0, 0.1) is 12.7 Å². The number of aromatic nitrogens is 2. The van der Waals surface area contributed by atoms with Crippen LogP contribution in [0.25, 0.3) is 4.96 Å². The van der Waals surface area contributed by atoms with Crippen LogP contribution >= 0.6 is 11.3 Å². The summed E-state index contributed by atoms with van der Waals surface area (Å²) in [6.07, 6.45) is 1.52. The number of fused-ring (bicyclic) bond motifs is 1. The molecule has 0 saturated heterocycles. The van der Waals surface area contributed by atoms with E-state index in [9.17, 15) is 9.18 Å². The van der Waals surface area contributed by atoms with Gasteiger partial charge in [-0.1, -0.05) is 25.1 Å². The lowest BCUT2D eigenvalue weighted by Crippen LogP contribution is -2.22. The van der Waals surface area contributed by atoms with Gasteiger partial charge in [0.25, 0.3) is 5.56 Å². The first-order valence-electron chi connectivity index (χ1n) is 10.6. The first-order chi connectivity index (χ1) is 15.5. The van der Waals surface area contributed by atoms with Crippen molar-refractivity contribution < 1.29 is 9.13 Å². The summed E-state index contributed by atoms with van der Waals surface area (Å²) in [7, 11) is 1.65. The molecule has 0 atom stereocenters. The van der Waals surface area contributed by atoms with Gasteiger partial charge in [-0.2, -0.15) is 0 Å². The predicted octanol–water partition coefficient (Wildman–Crippen LogP) is 5.29. The SMILES string of the molecule is CCc1ccccc1N(Cc1cc(=O)n2c(CCOC)c(C)sc2n1)c1ccc(F)cc1. The zero-order chi connectivity index (χ0) is 22.7. The third-order valence-electron chi connectivity index (χ3n) is 5.53. The Morgan fingerprint density at radius 3 is 2.62 bits per heavy atom. The zero-order valence-corrected chi connectivity index (χ0v) is 19.3. The number of nitrogens with zero attached hydrogens (tertiary/aromatic N) is 3. The number of para-hydroxylation sites is 1. The fraction of sp³-hybridized carbons (Fsp3) is 0.280. The predicted molar refractivity (Wildman–Crippen MR) is 128 cm³/mol. The molecule has 5 nitrogen and oxygen atoms in total. The number of methoxy groups -OCH3 is 1. The minimum atomic E-state index is -0.284. The molecular weight excluding hydrogens is 425 g/mol. The maximum absolute atomic E-state index is 13.6. The van der Waals surface area contributed by atoms with Gasteiger partial charge in [0.05, 0.1) is 18.8 Å². The first-order valence-corrected chi connectivity index (χ1v) is 11.4. The average Bonchev–Trinajstić information content (AvgIpc) is 3.12. The summed E-state index contributed by atoms with van der Waals surface area (Å²) in [6.45, 7) is 5.06. The van der Waals surface area contributed by atoms with E-state index in [1.165, 1.54) is 29.0 Å². The third-order valence-corrected chi connectivity index (χ3v) is 6.52. The molecule has 0 fully saturated rings. The number of rotatable bonds is 8.